The van der Waals surface area contributed by atoms with Crippen LogP contribution >= 0.6 is 0 Å². The van der Waals surface area contributed by atoms with Gasteiger partial charge in [0.2, 0.25) is 0 Å². The highest BCUT2D eigenvalue weighted by Crippen LogP contribution is 2.65. The first kappa shape index (κ1) is 13.1. The van der Waals surface area contributed by atoms with Gasteiger partial charge in [-0.2, -0.15) is 0 Å². The summed E-state index contributed by atoms with van der Waals surface area (Å²) in [4.78, 5) is 23.9. The Kier molecular flexibility index (Phi) is 2.43. The first-order valence-electron chi connectivity index (χ1n) is 5.99. The number of aliphatic hydroxyl groups is 1. The van der Waals surface area contributed by atoms with Gasteiger partial charge in [0, 0.05) is 0 Å². The SMILES string of the molecule is CCOC(=O)[C@]1(O)C(=O)O[C@]2(C)C(C)=C(C)[C@@]12C. The molecule has 0 bridgehead atoms. The van der Waals surface area contributed by atoms with E-state index >= 15 is 0 Å². The van der Waals surface area contributed by atoms with Gasteiger partial charge >= 0.3 is 11.9 Å². The Balaban J connectivity index is 2.57. The van der Waals surface area contributed by atoms with Crippen LogP contribution in [0.1, 0.15) is 34.6 Å². The van der Waals surface area contributed by atoms with Crippen LogP contribution in [0.5, 0.6) is 0 Å². The van der Waals surface area contributed by atoms with Crippen LogP contribution in [0.4, 0.5) is 0 Å². The van der Waals surface area contributed by atoms with Gasteiger partial charge in [-0.1, -0.05) is 5.57 Å². The topological polar surface area (TPSA) is 72.8 Å². The van der Waals surface area contributed by atoms with Crippen molar-refractivity contribution in [2.75, 3.05) is 6.61 Å². The third-order valence-corrected chi connectivity index (χ3v) is 4.87. The normalized spacial score (nSPS) is 42.2. The molecule has 2 aliphatic rings. The molecule has 0 unspecified atom stereocenters. The minimum atomic E-state index is -2.25. The van der Waals surface area contributed by atoms with Crippen molar-refractivity contribution in [3.8, 4) is 0 Å². The lowest BCUT2D eigenvalue weighted by Crippen LogP contribution is -2.65. The van der Waals surface area contributed by atoms with E-state index in [-0.39, 0.29) is 6.61 Å². The quantitative estimate of drug-likeness (QED) is 0.451. The zero-order chi connectivity index (χ0) is 13.9. The monoisotopic (exact) mass is 254 g/mol. The molecule has 0 saturated carbocycles. The Morgan fingerprint density at radius 1 is 1.33 bits per heavy atom. The average molecular weight is 254 g/mol. The van der Waals surface area contributed by atoms with Gasteiger partial charge < -0.3 is 14.6 Å². The standard InChI is InChI=1S/C13H18O5/c1-6-17-9(14)13(16)10(15)18-12(5)8(3)7(2)11(12,13)4/h16H,6H2,1-5H3/t11-,12-,13+/m1/s1. The molecule has 1 fully saturated rings. The number of esters is 2. The second-order valence-corrected chi connectivity index (χ2v) is 5.23. The van der Waals surface area contributed by atoms with E-state index in [1.807, 2.05) is 6.92 Å². The fraction of sp³-hybridized carbons (Fsp3) is 0.692. The maximum absolute atomic E-state index is 12.0. The van der Waals surface area contributed by atoms with Gasteiger partial charge in [-0.05, 0) is 40.2 Å². The number of fused-ring (bicyclic) bond motifs is 1. The predicted molar refractivity (Wildman–Crippen MR) is 62.6 cm³/mol. The molecule has 5 heteroatoms. The van der Waals surface area contributed by atoms with E-state index in [9.17, 15) is 14.7 Å². The Labute approximate surface area is 106 Å². The van der Waals surface area contributed by atoms with Gasteiger partial charge in [-0.15, -0.1) is 0 Å². The van der Waals surface area contributed by atoms with Gasteiger partial charge in [0.1, 0.15) is 5.60 Å². The van der Waals surface area contributed by atoms with E-state index in [2.05, 4.69) is 0 Å². The van der Waals surface area contributed by atoms with Crippen molar-refractivity contribution in [3.05, 3.63) is 11.1 Å². The van der Waals surface area contributed by atoms with Crippen molar-refractivity contribution in [1.29, 1.82) is 0 Å². The van der Waals surface area contributed by atoms with Crippen LogP contribution in [-0.2, 0) is 19.1 Å². The van der Waals surface area contributed by atoms with Crippen molar-refractivity contribution in [2.24, 2.45) is 5.41 Å². The minimum absolute atomic E-state index is 0.100. The summed E-state index contributed by atoms with van der Waals surface area (Å²) in [6.45, 7) is 8.73. The van der Waals surface area contributed by atoms with Crippen LogP contribution in [0.2, 0.25) is 0 Å². The number of rotatable bonds is 2. The summed E-state index contributed by atoms with van der Waals surface area (Å²) in [6, 6.07) is 0. The number of hydrogen-bond acceptors (Lipinski definition) is 5. The second kappa shape index (κ2) is 3.35. The highest BCUT2D eigenvalue weighted by atomic mass is 16.6. The Bertz CT molecular complexity index is 480. The van der Waals surface area contributed by atoms with Gasteiger partial charge in [0.25, 0.3) is 5.60 Å². The first-order valence-corrected chi connectivity index (χ1v) is 5.99. The molecule has 0 aromatic carbocycles. The molecule has 0 aromatic rings. The largest absolute Gasteiger partial charge is 0.463 e. The lowest BCUT2D eigenvalue weighted by atomic mass is 9.50. The van der Waals surface area contributed by atoms with Crippen molar-refractivity contribution in [1.82, 2.24) is 0 Å². The van der Waals surface area contributed by atoms with Crippen LogP contribution in [0.3, 0.4) is 0 Å². The van der Waals surface area contributed by atoms with Crippen LogP contribution in [0, 0.1) is 5.41 Å². The highest BCUT2D eigenvalue weighted by Gasteiger charge is 2.80. The van der Waals surface area contributed by atoms with E-state index < -0.39 is 28.6 Å². The number of carbonyl (C=O) groups excluding carboxylic acids is 2. The molecule has 18 heavy (non-hydrogen) atoms. The Hall–Kier alpha value is -1.36. The van der Waals surface area contributed by atoms with Gasteiger partial charge in [0.05, 0.1) is 12.0 Å². The third kappa shape index (κ3) is 0.983. The predicted octanol–water partition coefficient (Wildman–Crippen LogP) is 0.952. The van der Waals surface area contributed by atoms with Crippen LogP contribution < -0.4 is 0 Å². The molecule has 100 valence electrons. The molecule has 0 aromatic heterocycles. The minimum Gasteiger partial charge on any atom is -0.463 e. The van der Waals surface area contributed by atoms with Crippen molar-refractivity contribution < 1.29 is 24.2 Å². The molecule has 1 saturated heterocycles. The molecule has 2 rings (SSSR count). The highest BCUT2D eigenvalue weighted by molar-refractivity contribution is 6.08. The number of hydrogen-bond donors (Lipinski definition) is 1. The van der Waals surface area contributed by atoms with Gasteiger partial charge in [0.15, 0.2) is 0 Å². The van der Waals surface area contributed by atoms with Gasteiger partial charge in [-0.25, -0.2) is 9.59 Å². The molecule has 5 nitrogen and oxygen atoms in total. The van der Waals surface area contributed by atoms with E-state index in [4.69, 9.17) is 9.47 Å². The van der Waals surface area contributed by atoms with Crippen molar-refractivity contribution in [3.63, 3.8) is 0 Å². The summed E-state index contributed by atoms with van der Waals surface area (Å²) in [5.41, 5.74) is -2.57. The fourth-order valence-electron chi connectivity index (χ4n) is 3.18. The molecule has 0 amide bonds. The molecule has 1 aliphatic carbocycles. The average Bonchev–Trinajstić information content (AvgIpc) is 2.47. The molecular formula is C13H18O5. The molecule has 3 atom stereocenters. The fourth-order valence-corrected chi connectivity index (χ4v) is 3.18. The second-order valence-electron chi connectivity index (χ2n) is 5.23. The first-order chi connectivity index (χ1) is 8.17. The van der Waals surface area contributed by atoms with E-state index in [1.165, 1.54) is 0 Å². The lowest BCUT2D eigenvalue weighted by molar-refractivity contribution is -0.180. The molecule has 0 radical (unpaired) electrons. The molecule has 1 N–H and O–H groups in total. The van der Waals surface area contributed by atoms with E-state index in [0.717, 1.165) is 11.1 Å². The lowest BCUT2D eigenvalue weighted by Gasteiger charge is -2.53. The summed E-state index contributed by atoms with van der Waals surface area (Å²) in [7, 11) is 0. The van der Waals surface area contributed by atoms with Gasteiger partial charge in [-0.3, -0.25) is 0 Å². The molecular weight excluding hydrogens is 236 g/mol. The summed E-state index contributed by atoms with van der Waals surface area (Å²) >= 11 is 0. The summed E-state index contributed by atoms with van der Waals surface area (Å²) in [6.07, 6.45) is 0. The smallest absolute Gasteiger partial charge is 0.352 e. The zero-order valence-electron chi connectivity index (χ0n) is 11.3. The van der Waals surface area contributed by atoms with Crippen LogP contribution in [0.25, 0.3) is 0 Å². The molecule has 0 spiro atoms. The third-order valence-electron chi connectivity index (χ3n) is 4.87. The zero-order valence-corrected chi connectivity index (χ0v) is 11.3. The Morgan fingerprint density at radius 2 is 1.89 bits per heavy atom. The number of ether oxygens (including phenoxy) is 2. The summed E-state index contributed by atoms with van der Waals surface area (Å²) in [5.74, 6) is -1.87. The van der Waals surface area contributed by atoms with Crippen molar-refractivity contribution >= 4 is 11.9 Å². The summed E-state index contributed by atoms with van der Waals surface area (Å²) < 4.78 is 10.1. The maximum Gasteiger partial charge on any atom is 0.352 e. The summed E-state index contributed by atoms with van der Waals surface area (Å²) in [5, 5.41) is 10.6. The number of carbonyl (C=O) groups is 2. The van der Waals surface area contributed by atoms with Crippen molar-refractivity contribution in [2.45, 2.75) is 45.8 Å². The van der Waals surface area contributed by atoms with Crippen LogP contribution in [0.15, 0.2) is 11.1 Å². The maximum atomic E-state index is 12.0. The van der Waals surface area contributed by atoms with E-state index in [1.54, 1.807) is 27.7 Å². The molecule has 1 heterocycles. The Morgan fingerprint density at radius 3 is 2.39 bits per heavy atom. The van der Waals surface area contributed by atoms with E-state index in [0.29, 0.717) is 0 Å². The molecule has 1 aliphatic heterocycles. The van der Waals surface area contributed by atoms with Crippen LogP contribution in [-0.4, -0.2) is 34.9 Å².